The van der Waals surface area contributed by atoms with Gasteiger partial charge in [-0.15, -0.1) is 0 Å². The van der Waals surface area contributed by atoms with E-state index in [4.69, 9.17) is 9.72 Å². The van der Waals surface area contributed by atoms with Crippen molar-refractivity contribution in [2.24, 2.45) is 0 Å². The highest BCUT2D eigenvalue weighted by Gasteiger charge is 2.28. The second-order valence-electron chi connectivity index (χ2n) is 8.18. The lowest BCUT2D eigenvalue weighted by molar-refractivity contribution is 0.0700. The molecule has 3 aromatic rings. The Kier molecular flexibility index (Phi) is 5.26. The molecule has 0 aliphatic carbocycles. The Labute approximate surface area is 171 Å². The molecular weight excluding hydrogens is 364 g/mol. The van der Waals surface area contributed by atoms with Gasteiger partial charge in [-0.2, -0.15) is 5.10 Å². The minimum absolute atomic E-state index is 0.00325. The van der Waals surface area contributed by atoms with Gasteiger partial charge in [-0.1, -0.05) is 13.8 Å². The Balaban J connectivity index is 1.57. The number of nitrogens with zero attached hydrogens (tertiary/aromatic N) is 3. The number of piperidine rings is 1. The Hall–Kier alpha value is -2.89. The number of aromatic amines is 1. The van der Waals surface area contributed by atoms with Gasteiger partial charge in [0.1, 0.15) is 11.4 Å². The number of fused-ring (bicyclic) bond motifs is 1. The van der Waals surface area contributed by atoms with E-state index in [1.807, 2.05) is 29.3 Å². The average Bonchev–Trinajstić information content (AvgIpc) is 3.24. The minimum Gasteiger partial charge on any atom is -0.496 e. The first kappa shape index (κ1) is 19.4. The summed E-state index contributed by atoms with van der Waals surface area (Å²) in [5.74, 6) is 1.43. The fraction of sp³-hybridized carbons (Fsp3) is 0.435. The van der Waals surface area contributed by atoms with Gasteiger partial charge in [-0.05, 0) is 60.9 Å². The van der Waals surface area contributed by atoms with Gasteiger partial charge < -0.3 is 9.64 Å². The first-order valence-electron chi connectivity index (χ1n) is 10.3. The lowest BCUT2D eigenvalue weighted by Gasteiger charge is -2.32. The van der Waals surface area contributed by atoms with Crippen LogP contribution in [0.1, 0.15) is 66.0 Å². The number of carbonyl (C=O) groups is 1. The van der Waals surface area contributed by atoms with Crippen LogP contribution in [0.5, 0.6) is 5.75 Å². The van der Waals surface area contributed by atoms with Gasteiger partial charge in [0.15, 0.2) is 0 Å². The summed E-state index contributed by atoms with van der Waals surface area (Å²) in [6, 6.07) is 8.06. The van der Waals surface area contributed by atoms with Crippen LogP contribution in [0.3, 0.4) is 0 Å². The van der Waals surface area contributed by atoms with E-state index < -0.39 is 0 Å². The van der Waals surface area contributed by atoms with Crippen molar-refractivity contribution >= 4 is 16.7 Å². The SMILES string of the molecule is COc1ccc2cnc(C3CCCN(C(=O)c4cc(C(C)C)[nH]n4)C3)cc2c1C. The number of ether oxygens (including phenoxy) is 1. The number of pyridine rings is 1. The van der Waals surface area contributed by atoms with E-state index in [1.54, 1.807) is 7.11 Å². The maximum Gasteiger partial charge on any atom is 0.274 e. The van der Waals surface area contributed by atoms with Crippen molar-refractivity contribution in [1.29, 1.82) is 0 Å². The molecule has 1 fully saturated rings. The summed E-state index contributed by atoms with van der Waals surface area (Å²) in [5, 5.41) is 9.48. The molecule has 3 heterocycles. The molecule has 1 amide bonds. The van der Waals surface area contributed by atoms with Gasteiger partial charge in [0.25, 0.3) is 5.91 Å². The molecule has 1 atom stereocenters. The molecule has 4 rings (SSSR count). The van der Waals surface area contributed by atoms with Crippen LogP contribution in [0, 0.1) is 6.92 Å². The molecule has 1 aliphatic rings. The van der Waals surface area contributed by atoms with Crippen molar-refractivity contribution < 1.29 is 9.53 Å². The van der Waals surface area contributed by atoms with Gasteiger partial charge in [0, 0.05) is 42.0 Å². The lowest BCUT2D eigenvalue weighted by atomic mass is 9.92. The number of carbonyl (C=O) groups excluding carboxylic acids is 1. The maximum atomic E-state index is 13.0. The molecule has 152 valence electrons. The molecule has 1 unspecified atom stereocenters. The monoisotopic (exact) mass is 392 g/mol. The molecule has 2 aromatic heterocycles. The summed E-state index contributed by atoms with van der Waals surface area (Å²) in [6.07, 6.45) is 3.93. The number of rotatable bonds is 4. The van der Waals surface area contributed by atoms with Crippen molar-refractivity contribution in [2.75, 3.05) is 20.2 Å². The first-order valence-corrected chi connectivity index (χ1v) is 10.3. The number of likely N-dealkylation sites (tertiary alicyclic amines) is 1. The summed E-state index contributed by atoms with van der Waals surface area (Å²) >= 11 is 0. The Bertz CT molecular complexity index is 1040. The van der Waals surface area contributed by atoms with Crippen LogP contribution in [0.25, 0.3) is 10.8 Å². The molecule has 29 heavy (non-hydrogen) atoms. The van der Waals surface area contributed by atoms with Crippen molar-refractivity contribution in [2.45, 2.75) is 45.4 Å². The van der Waals surface area contributed by atoms with E-state index in [2.05, 4.69) is 37.0 Å². The number of H-pyrrole nitrogens is 1. The fourth-order valence-corrected chi connectivity index (χ4v) is 4.11. The van der Waals surface area contributed by atoms with Gasteiger partial charge >= 0.3 is 0 Å². The van der Waals surface area contributed by atoms with E-state index in [-0.39, 0.29) is 11.8 Å². The van der Waals surface area contributed by atoms with Gasteiger partial charge in [0.2, 0.25) is 0 Å². The van der Waals surface area contributed by atoms with Crippen molar-refractivity contribution in [3.05, 3.63) is 53.1 Å². The highest BCUT2D eigenvalue weighted by molar-refractivity contribution is 5.92. The predicted octanol–water partition coefficient (Wildman–Crippen LogP) is 4.42. The van der Waals surface area contributed by atoms with E-state index in [9.17, 15) is 4.79 Å². The van der Waals surface area contributed by atoms with Crippen molar-refractivity contribution in [3.8, 4) is 5.75 Å². The standard InChI is InChI=1S/C23H28N4O2/c1-14(2)19-11-21(26-25-19)23(28)27-9-5-6-17(13-27)20-10-18-15(3)22(29-4)8-7-16(18)12-24-20/h7-8,10-12,14,17H,5-6,9,13H2,1-4H3,(H,25,26). The van der Waals surface area contributed by atoms with Crippen LogP contribution in [0.4, 0.5) is 0 Å². The van der Waals surface area contributed by atoms with Crippen molar-refractivity contribution in [1.82, 2.24) is 20.1 Å². The molecule has 1 N–H and O–H groups in total. The van der Waals surface area contributed by atoms with E-state index in [0.717, 1.165) is 52.9 Å². The van der Waals surface area contributed by atoms with E-state index >= 15 is 0 Å². The second kappa shape index (κ2) is 7.85. The van der Waals surface area contributed by atoms with Gasteiger partial charge in [0.05, 0.1) is 7.11 Å². The summed E-state index contributed by atoms with van der Waals surface area (Å²) in [4.78, 5) is 19.6. The lowest BCUT2D eigenvalue weighted by Crippen LogP contribution is -2.39. The Morgan fingerprint density at radius 3 is 2.86 bits per heavy atom. The van der Waals surface area contributed by atoms with E-state index in [1.165, 1.54) is 0 Å². The highest BCUT2D eigenvalue weighted by Crippen LogP contribution is 2.32. The normalized spacial score (nSPS) is 17.1. The zero-order chi connectivity index (χ0) is 20.5. The Morgan fingerprint density at radius 2 is 2.14 bits per heavy atom. The third-order valence-electron chi connectivity index (χ3n) is 5.93. The molecule has 0 spiro atoms. The van der Waals surface area contributed by atoms with Crippen LogP contribution >= 0.6 is 0 Å². The predicted molar refractivity (Wildman–Crippen MR) is 114 cm³/mol. The molecule has 6 heteroatoms. The van der Waals surface area contributed by atoms with Crippen LogP contribution in [0.15, 0.2) is 30.5 Å². The number of hydrogen-bond acceptors (Lipinski definition) is 4. The number of methoxy groups -OCH3 is 1. The number of aromatic nitrogens is 3. The average molecular weight is 393 g/mol. The molecule has 6 nitrogen and oxygen atoms in total. The first-order chi connectivity index (χ1) is 14.0. The Morgan fingerprint density at radius 1 is 1.31 bits per heavy atom. The van der Waals surface area contributed by atoms with Crippen LogP contribution in [-0.2, 0) is 0 Å². The largest absolute Gasteiger partial charge is 0.496 e. The molecule has 0 saturated carbocycles. The number of amides is 1. The van der Waals surface area contributed by atoms with Gasteiger partial charge in [-0.3, -0.25) is 14.9 Å². The van der Waals surface area contributed by atoms with Gasteiger partial charge in [-0.25, -0.2) is 0 Å². The third kappa shape index (κ3) is 3.71. The third-order valence-corrected chi connectivity index (χ3v) is 5.93. The summed E-state index contributed by atoms with van der Waals surface area (Å²) in [5.41, 5.74) is 3.65. The molecule has 0 bridgehead atoms. The number of aryl methyl sites for hydroxylation is 1. The molecule has 1 aliphatic heterocycles. The zero-order valence-corrected chi connectivity index (χ0v) is 17.5. The van der Waals surface area contributed by atoms with Crippen molar-refractivity contribution in [3.63, 3.8) is 0 Å². The molecule has 1 saturated heterocycles. The molecular formula is C23H28N4O2. The number of nitrogens with one attached hydrogen (secondary N) is 1. The maximum absolute atomic E-state index is 13.0. The zero-order valence-electron chi connectivity index (χ0n) is 17.5. The topological polar surface area (TPSA) is 71.1 Å². The minimum atomic E-state index is -0.00325. The number of hydrogen-bond donors (Lipinski definition) is 1. The number of benzene rings is 1. The quantitative estimate of drug-likeness (QED) is 0.713. The molecule has 1 aromatic carbocycles. The summed E-state index contributed by atoms with van der Waals surface area (Å²) in [6.45, 7) is 7.68. The van der Waals surface area contributed by atoms with Crippen LogP contribution < -0.4 is 4.74 Å². The van der Waals surface area contributed by atoms with Crippen LogP contribution in [-0.4, -0.2) is 46.2 Å². The second-order valence-corrected chi connectivity index (χ2v) is 8.18. The van der Waals surface area contributed by atoms with Crippen LogP contribution in [0.2, 0.25) is 0 Å². The smallest absolute Gasteiger partial charge is 0.274 e. The summed E-state index contributed by atoms with van der Waals surface area (Å²) < 4.78 is 5.47. The summed E-state index contributed by atoms with van der Waals surface area (Å²) in [7, 11) is 1.70. The fourth-order valence-electron chi connectivity index (χ4n) is 4.11. The van der Waals surface area contributed by atoms with E-state index in [0.29, 0.717) is 18.2 Å². The highest BCUT2D eigenvalue weighted by atomic mass is 16.5. The molecule has 0 radical (unpaired) electrons.